The van der Waals surface area contributed by atoms with Crippen LogP contribution in [0.4, 0.5) is 5.69 Å². The predicted octanol–water partition coefficient (Wildman–Crippen LogP) is 2.88. The van der Waals surface area contributed by atoms with E-state index in [0.717, 1.165) is 42.1 Å². The van der Waals surface area contributed by atoms with Crippen LogP contribution in [-0.4, -0.2) is 37.5 Å². The van der Waals surface area contributed by atoms with Crippen molar-refractivity contribution in [1.82, 2.24) is 10.6 Å². The lowest BCUT2D eigenvalue weighted by Gasteiger charge is -2.21. The summed E-state index contributed by atoms with van der Waals surface area (Å²) in [7, 11) is 0. The van der Waals surface area contributed by atoms with E-state index in [9.17, 15) is 4.79 Å². The van der Waals surface area contributed by atoms with Crippen molar-refractivity contribution in [2.45, 2.75) is 25.9 Å². The van der Waals surface area contributed by atoms with E-state index in [-0.39, 0.29) is 0 Å². The van der Waals surface area contributed by atoms with Crippen LogP contribution in [0.2, 0.25) is 0 Å². The van der Waals surface area contributed by atoms with Gasteiger partial charge in [-0.25, -0.2) is 4.99 Å². The summed E-state index contributed by atoms with van der Waals surface area (Å²) in [4.78, 5) is 18.4. The SMILES string of the molecule is CCNC(=NCc1cccc(C(N)=O)c1)NC1CCN(c2ccccc2Br)C1. The molecule has 1 atom stereocenters. The van der Waals surface area contributed by atoms with Crippen LogP contribution in [0.15, 0.2) is 58.0 Å². The van der Waals surface area contributed by atoms with E-state index >= 15 is 0 Å². The molecule has 0 aromatic heterocycles. The van der Waals surface area contributed by atoms with Gasteiger partial charge in [-0.15, -0.1) is 0 Å². The molecule has 1 aliphatic heterocycles. The highest BCUT2D eigenvalue weighted by Crippen LogP contribution is 2.28. The van der Waals surface area contributed by atoms with Crippen molar-refractivity contribution >= 4 is 33.5 Å². The Morgan fingerprint density at radius 3 is 2.86 bits per heavy atom. The average molecular weight is 444 g/mol. The number of carbonyl (C=O) groups is 1. The Morgan fingerprint density at radius 2 is 2.11 bits per heavy atom. The highest BCUT2D eigenvalue weighted by Gasteiger charge is 2.24. The number of nitrogens with two attached hydrogens (primary N) is 1. The molecule has 4 N–H and O–H groups in total. The summed E-state index contributed by atoms with van der Waals surface area (Å²) in [5.41, 5.74) is 8.04. The number of anilines is 1. The van der Waals surface area contributed by atoms with Gasteiger partial charge in [-0.1, -0.05) is 24.3 Å². The number of hydrogen-bond acceptors (Lipinski definition) is 3. The zero-order valence-electron chi connectivity index (χ0n) is 16.0. The Bertz CT molecular complexity index is 854. The molecule has 148 valence electrons. The Labute approximate surface area is 174 Å². The van der Waals surface area contributed by atoms with Gasteiger partial charge in [-0.3, -0.25) is 4.79 Å². The second-order valence-corrected chi connectivity index (χ2v) is 7.64. The van der Waals surface area contributed by atoms with Crippen molar-refractivity contribution in [2.75, 3.05) is 24.5 Å². The fourth-order valence-electron chi connectivity index (χ4n) is 3.31. The maximum absolute atomic E-state index is 11.3. The van der Waals surface area contributed by atoms with Gasteiger partial charge in [0, 0.05) is 35.7 Å². The lowest BCUT2D eigenvalue weighted by atomic mass is 10.1. The minimum Gasteiger partial charge on any atom is -0.368 e. The monoisotopic (exact) mass is 443 g/mol. The Balaban J connectivity index is 1.63. The fourth-order valence-corrected chi connectivity index (χ4v) is 3.85. The molecule has 7 heteroatoms. The summed E-state index contributed by atoms with van der Waals surface area (Å²) in [6, 6.07) is 15.9. The highest BCUT2D eigenvalue weighted by atomic mass is 79.9. The number of nitrogens with one attached hydrogen (secondary N) is 2. The number of halogens is 1. The summed E-state index contributed by atoms with van der Waals surface area (Å²) >= 11 is 3.64. The molecule has 1 amide bonds. The number of carbonyl (C=O) groups excluding carboxylic acids is 1. The molecule has 1 heterocycles. The average Bonchev–Trinajstić information content (AvgIpc) is 3.15. The van der Waals surface area contributed by atoms with Crippen LogP contribution in [-0.2, 0) is 6.54 Å². The van der Waals surface area contributed by atoms with Crippen molar-refractivity contribution < 1.29 is 4.79 Å². The molecule has 0 saturated carbocycles. The van der Waals surface area contributed by atoms with Crippen molar-refractivity contribution in [1.29, 1.82) is 0 Å². The van der Waals surface area contributed by atoms with Crippen LogP contribution in [0.3, 0.4) is 0 Å². The molecule has 2 aromatic carbocycles. The molecular formula is C21H26BrN5O. The van der Waals surface area contributed by atoms with Crippen LogP contribution in [0.1, 0.15) is 29.3 Å². The number of primary amides is 1. The Hall–Kier alpha value is -2.54. The van der Waals surface area contributed by atoms with Crippen molar-refractivity contribution in [3.05, 3.63) is 64.1 Å². The first-order chi connectivity index (χ1) is 13.6. The molecule has 2 aromatic rings. The van der Waals surface area contributed by atoms with E-state index in [0.29, 0.717) is 18.2 Å². The summed E-state index contributed by atoms with van der Waals surface area (Å²) in [6.07, 6.45) is 1.04. The normalized spacial score (nSPS) is 16.9. The van der Waals surface area contributed by atoms with Crippen LogP contribution >= 0.6 is 15.9 Å². The van der Waals surface area contributed by atoms with Gasteiger partial charge in [-0.05, 0) is 59.1 Å². The third-order valence-electron chi connectivity index (χ3n) is 4.70. The second kappa shape index (κ2) is 9.59. The standard InChI is InChI=1S/C21H26BrN5O/c1-2-24-21(25-13-15-6-5-7-16(12-15)20(23)28)26-17-10-11-27(14-17)19-9-4-3-8-18(19)22/h3-9,12,17H,2,10-11,13-14H2,1H3,(H2,23,28)(H2,24,25,26). The van der Waals surface area contributed by atoms with Gasteiger partial charge in [0.1, 0.15) is 0 Å². The van der Waals surface area contributed by atoms with E-state index in [1.807, 2.05) is 25.1 Å². The molecule has 28 heavy (non-hydrogen) atoms. The van der Waals surface area contributed by atoms with Crippen molar-refractivity contribution in [3.8, 4) is 0 Å². The lowest BCUT2D eigenvalue weighted by Crippen LogP contribution is -2.44. The molecule has 0 radical (unpaired) electrons. The van der Waals surface area contributed by atoms with Crippen molar-refractivity contribution in [3.63, 3.8) is 0 Å². The van der Waals surface area contributed by atoms with Gasteiger partial charge in [0.15, 0.2) is 5.96 Å². The van der Waals surface area contributed by atoms with Crippen LogP contribution < -0.4 is 21.3 Å². The first-order valence-electron chi connectivity index (χ1n) is 9.50. The van der Waals surface area contributed by atoms with Gasteiger partial charge in [0.25, 0.3) is 0 Å². The van der Waals surface area contributed by atoms with Crippen LogP contribution in [0.5, 0.6) is 0 Å². The zero-order valence-corrected chi connectivity index (χ0v) is 17.6. The van der Waals surface area contributed by atoms with E-state index in [2.05, 4.69) is 54.7 Å². The molecule has 6 nitrogen and oxygen atoms in total. The number of para-hydroxylation sites is 1. The van der Waals surface area contributed by atoms with Crippen LogP contribution in [0.25, 0.3) is 0 Å². The van der Waals surface area contributed by atoms with E-state index < -0.39 is 5.91 Å². The lowest BCUT2D eigenvalue weighted by molar-refractivity contribution is 0.1000. The third kappa shape index (κ3) is 5.25. The number of benzene rings is 2. The molecule has 3 rings (SSSR count). The van der Waals surface area contributed by atoms with Gasteiger partial charge >= 0.3 is 0 Å². The molecule has 1 aliphatic rings. The zero-order chi connectivity index (χ0) is 19.9. The molecule has 0 aliphatic carbocycles. The van der Waals surface area contributed by atoms with E-state index in [1.165, 1.54) is 5.69 Å². The first-order valence-corrected chi connectivity index (χ1v) is 10.3. The topological polar surface area (TPSA) is 82.7 Å². The number of aliphatic imine (C=N–C) groups is 1. The Morgan fingerprint density at radius 1 is 1.29 bits per heavy atom. The van der Waals surface area contributed by atoms with E-state index in [4.69, 9.17) is 5.73 Å². The third-order valence-corrected chi connectivity index (χ3v) is 5.37. The minimum absolute atomic E-state index is 0.321. The van der Waals surface area contributed by atoms with Gasteiger partial charge in [0.2, 0.25) is 5.91 Å². The van der Waals surface area contributed by atoms with Crippen LogP contribution in [0, 0.1) is 0 Å². The highest BCUT2D eigenvalue weighted by molar-refractivity contribution is 9.10. The summed E-state index contributed by atoms with van der Waals surface area (Å²) < 4.78 is 1.12. The number of amides is 1. The van der Waals surface area contributed by atoms with Crippen molar-refractivity contribution in [2.24, 2.45) is 10.7 Å². The summed E-state index contributed by atoms with van der Waals surface area (Å²) in [5, 5.41) is 6.84. The van der Waals surface area contributed by atoms with Gasteiger partial charge < -0.3 is 21.3 Å². The summed E-state index contributed by atoms with van der Waals surface area (Å²) in [6.45, 7) is 5.24. The van der Waals surface area contributed by atoms with E-state index in [1.54, 1.807) is 12.1 Å². The predicted molar refractivity (Wildman–Crippen MR) is 118 cm³/mol. The number of nitrogens with zero attached hydrogens (tertiary/aromatic N) is 2. The fraction of sp³-hybridized carbons (Fsp3) is 0.333. The quantitative estimate of drug-likeness (QED) is 0.473. The molecule has 0 spiro atoms. The largest absolute Gasteiger partial charge is 0.368 e. The molecule has 1 saturated heterocycles. The molecule has 0 bridgehead atoms. The Kier molecular flexibility index (Phi) is 6.92. The first kappa shape index (κ1) is 20.2. The molecular weight excluding hydrogens is 418 g/mol. The molecule has 1 fully saturated rings. The summed E-state index contributed by atoms with van der Waals surface area (Å²) in [5.74, 6) is 0.361. The van der Waals surface area contributed by atoms with Gasteiger partial charge in [-0.2, -0.15) is 0 Å². The number of guanidine groups is 1. The number of rotatable bonds is 6. The second-order valence-electron chi connectivity index (χ2n) is 6.79. The van der Waals surface area contributed by atoms with Gasteiger partial charge in [0.05, 0.1) is 12.2 Å². The maximum atomic E-state index is 11.3. The maximum Gasteiger partial charge on any atom is 0.248 e. The minimum atomic E-state index is -0.422. The molecule has 1 unspecified atom stereocenters. The smallest absolute Gasteiger partial charge is 0.248 e. The number of hydrogen-bond donors (Lipinski definition) is 3.